The molecule has 1 aliphatic heterocycles. The van der Waals surface area contributed by atoms with E-state index in [0.29, 0.717) is 0 Å². The van der Waals surface area contributed by atoms with Crippen LogP contribution in [0.2, 0.25) is 0 Å². The van der Waals surface area contributed by atoms with Crippen LogP contribution in [0.4, 0.5) is 0 Å². The van der Waals surface area contributed by atoms with Gasteiger partial charge in [-0.05, 0) is 39.8 Å². The Morgan fingerprint density at radius 3 is 2.08 bits per heavy atom. The van der Waals surface area contributed by atoms with E-state index in [-0.39, 0.29) is 11.4 Å². The normalized spacial score (nSPS) is 19.1. The van der Waals surface area contributed by atoms with Gasteiger partial charge in [0.05, 0.1) is 5.54 Å². The van der Waals surface area contributed by atoms with Gasteiger partial charge >= 0.3 is 0 Å². The number of rotatable bonds is 2. The summed E-state index contributed by atoms with van der Waals surface area (Å²) in [5.41, 5.74) is -0.319. The molecule has 0 aromatic carbocycles. The van der Waals surface area contributed by atoms with Gasteiger partial charge in [0.15, 0.2) is 0 Å². The first-order chi connectivity index (χ1) is 5.96. The van der Waals surface area contributed by atoms with Gasteiger partial charge in [-0.2, -0.15) is 0 Å². The Labute approximate surface area is 80.7 Å². The molecule has 0 unspecified atom stereocenters. The molecule has 76 valence electrons. The van der Waals surface area contributed by atoms with Gasteiger partial charge in [0.1, 0.15) is 0 Å². The third-order valence-corrected chi connectivity index (χ3v) is 2.83. The molecule has 0 spiro atoms. The molecule has 0 N–H and O–H groups in total. The molecule has 1 amide bonds. The van der Waals surface area contributed by atoms with Crippen LogP contribution in [-0.4, -0.2) is 48.4 Å². The van der Waals surface area contributed by atoms with Crippen LogP contribution in [0.15, 0.2) is 0 Å². The Kier molecular flexibility index (Phi) is 2.96. The van der Waals surface area contributed by atoms with Gasteiger partial charge < -0.3 is 4.90 Å². The molecule has 0 aromatic heterocycles. The molecule has 0 aromatic rings. The summed E-state index contributed by atoms with van der Waals surface area (Å²) in [5.74, 6) is 0.203. The standard InChI is InChI=1S/C10H20N2O/c1-10(2,9(13)11(3)4)12-7-5-6-8-12/h5-8H2,1-4H3. The van der Waals surface area contributed by atoms with Crippen LogP contribution in [0, 0.1) is 0 Å². The maximum atomic E-state index is 11.8. The minimum atomic E-state index is -0.319. The first-order valence-corrected chi connectivity index (χ1v) is 4.93. The van der Waals surface area contributed by atoms with Crippen molar-refractivity contribution >= 4 is 5.91 Å². The minimum Gasteiger partial charge on any atom is -0.347 e. The molecule has 0 aliphatic carbocycles. The maximum Gasteiger partial charge on any atom is 0.242 e. The molecular weight excluding hydrogens is 164 g/mol. The lowest BCUT2D eigenvalue weighted by Gasteiger charge is -2.35. The van der Waals surface area contributed by atoms with Crippen LogP contribution in [0.25, 0.3) is 0 Å². The smallest absolute Gasteiger partial charge is 0.242 e. The molecular formula is C10H20N2O. The van der Waals surface area contributed by atoms with Crippen LogP contribution in [0.5, 0.6) is 0 Å². The van der Waals surface area contributed by atoms with Crippen LogP contribution >= 0.6 is 0 Å². The lowest BCUT2D eigenvalue weighted by atomic mass is 10.0. The number of carbonyl (C=O) groups is 1. The van der Waals surface area contributed by atoms with Crippen molar-refractivity contribution in [3.63, 3.8) is 0 Å². The molecule has 1 fully saturated rings. The lowest BCUT2D eigenvalue weighted by molar-refractivity contribution is -0.139. The van der Waals surface area contributed by atoms with Crippen molar-refractivity contribution in [2.45, 2.75) is 32.2 Å². The average molecular weight is 184 g/mol. The molecule has 1 rings (SSSR count). The summed E-state index contributed by atoms with van der Waals surface area (Å²) < 4.78 is 0. The van der Waals surface area contributed by atoms with Crippen LogP contribution in [0.3, 0.4) is 0 Å². The number of hydrogen-bond donors (Lipinski definition) is 0. The van der Waals surface area contributed by atoms with Gasteiger partial charge in [-0.15, -0.1) is 0 Å². The van der Waals surface area contributed by atoms with Gasteiger partial charge in [-0.25, -0.2) is 0 Å². The largest absolute Gasteiger partial charge is 0.347 e. The van der Waals surface area contributed by atoms with Crippen LogP contribution in [-0.2, 0) is 4.79 Å². The van der Waals surface area contributed by atoms with Crippen LogP contribution in [0.1, 0.15) is 26.7 Å². The Hall–Kier alpha value is -0.570. The van der Waals surface area contributed by atoms with Gasteiger partial charge in [0.25, 0.3) is 0 Å². The van der Waals surface area contributed by atoms with Crippen molar-refractivity contribution in [1.82, 2.24) is 9.80 Å². The van der Waals surface area contributed by atoms with E-state index in [1.807, 2.05) is 27.9 Å². The van der Waals surface area contributed by atoms with Crippen molar-refractivity contribution in [3.8, 4) is 0 Å². The molecule has 0 radical (unpaired) electrons. The summed E-state index contributed by atoms with van der Waals surface area (Å²) in [7, 11) is 3.64. The second-order valence-electron chi connectivity index (χ2n) is 4.45. The van der Waals surface area contributed by atoms with Crippen molar-refractivity contribution in [2.24, 2.45) is 0 Å². The topological polar surface area (TPSA) is 23.6 Å². The molecule has 0 bridgehead atoms. The summed E-state index contributed by atoms with van der Waals surface area (Å²) in [6.07, 6.45) is 2.45. The number of carbonyl (C=O) groups excluding carboxylic acids is 1. The third kappa shape index (κ3) is 2.02. The first kappa shape index (κ1) is 10.5. The minimum absolute atomic E-state index is 0.203. The molecule has 3 heteroatoms. The summed E-state index contributed by atoms with van der Waals surface area (Å²) >= 11 is 0. The van der Waals surface area contributed by atoms with Crippen molar-refractivity contribution in [3.05, 3.63) is 0 Å². The van der Waals surface area contributed by atoms with E-state index in [9.17, 15) is 4.79 Å². The van der Waals surface area contributed by atoms with Gasteiger partial charge in [-0.3, -0.25) is 9.69 Å². The van der Waals surface area contributed by atoms with Crippen molar-refractivity contribution < 1.29 is 4.79 Å². The lowest BCUT2D eigenvalue weighted by Crippen LogP contribution is -2.53. The Morgan fingerprint density at radius 2 is 1.69 bits per heavy atom. The number of likely N-dealkylation sites (tertiary alicyclic amines) is 1. The summed E-state index contributed by atoms with van der Waals surface area (Å²) in [4.78, 5) is 15.8. The number of hydrogen-bond acceptors (Lipinski definition) is 2. The van der Waals surface area contributed by atoms with E-state index in [2.05, 4.69) is 4.90 Å². The second kappa shape index (κ2) is 3.66. The van der Waals surface area contributed by atoms with E-state index < -0.39 is 0 Å². The summed E-state index contributed by atoms with van der Waals surface area (Å²) in [5, 5.41) is 0. The van der Waals surface area contributed by atoms with Gasteiger partial charge in [0.2, 0.25) is 5.91 Å². The fourth-order valence-electron chi connectivity index (χ4n) is 1.96. The molecule has 13 heavy (non-hydrogen) atoms. The predicted octanol–water partition coefficient (Wildman–Crippen LogP) is 0.949. The summed E-state index contributed by atoms with van der Waals surface area (Å²) in [6.45, 7) is 6.15. The van der Waals surface area contributed by atoms with Gasteiger partial charge in [-0.1, -0.05) is 0 Å². The van der Waals surface area contributed by atoms with E-state index in [0.717, 1.165) is 13.1 Å². The Bertz CT molecular complexity index is 193. The van der Waals surface area contributed by atoms with Gasteiger partial charge in [0, 0.05) is 14.1 Å². The van der Waals surface area contributed by atoms with E-state index >= 15 is 0 Å². The SMILES string of the molecule is CN(C)C(=O)C(C)(C)N1CCCC1. The maximum absolute atomic E-state index is 11.8. The summed E-state index contributed by atoms with van der Waals surface area (Å²) in [6, 6.07) is 0. The molecule has 1 aliphatic rings. The monoisotopic (exact) mass is 184 g/mol. The Balaban J connectivity index is 2.68. The molecule has 1 heterocycles. The zero-order chi connectivity index (χ0) is 10.1. The fourth-order valence-corrected chi connectivity index (χ4v) is 1.96. The van der Waals surface area contributed by atoms with E-state index in [1.165, 1.54) is 12.8 Å². The highest BCUT2D eigenvalue weighted by atomic mass is 16.2. The Morgan fingerprint density at radius 1 is 1.23 bits per heavy atom. The van der Waals surface area contributed by atoms with Crippen LogP contribution < -0.4 is 0 Å². The third-order valence-electron chi connectivity index (χ3n) is 2.83. The van der Waals surface area contributed by atoms with Crippen molar-refractivity contribution in [2.75, 3.05) is 27.2 Å². The number of amides is 1. The quantitative estimate of drug-likeness (QED) is 0.638. The predicted molar refractivity (Wildman–Crippen MR) is 53.6 cm³/mol. The second-order valence-corrected chi connectivity index (χ2v) is 4.45. The van der Waals surface area contributed by atoms with E-state index in [4.69, 9.17) is 0 Å². The highest BCUT2D eigenvalue weighted by Crippen LogP contribution is 2.22. The average Bonchev–Trinajstić information content (AvgIpc) is 2.54. The zero-order valence-corrected chi connectivity index (χ0v) is 9.13. The zero-order valence-electron chi connectivity index (χ0n) is 9.13. The van der Waals surface area contributed by atoms with Crippen molar-refractivity contribution in [1.29, 1.82) is 0 Å². The fraction of sp³-hybridized carbons (Fsp3) is 0.900. The molecule has 3 nitrogen and oxygen atoms in total. The van der Waals surface area contributed by atoms with E-state index in [1.54, 1.807) is 4.90 Å². The number of likely N-dealkylation sites (N-methyl/N-ethyl adjacent to an activating group) is 1. The molecule has 0 saturated carbocycles. The number of nitrogens with zero attached hydrogens (tertiary/aromatic N) is 2. The molecule has 0 atom stereocenters. The first-order valence-electron chi connectivity index (χ1n) is 4.93. The highest BCUT2D eigenvalue weighted by molar-refractivity contribution is 5.85. The highest BCUT2D eigenvalue weighted by Gasteiger charge is 2.36. The molecule has 1 saturated heterocycles.